The van der Waals surface area contributed by atoms with E-state index in [1.807, 2.05) is 23.6 Å². The Bertz CT molecular complexity index is 537. The van der Waals surface area contributed by atoms with Crippen LogP contribution in [0.25, 0.3) is 6.08 Å². The zero-order valence-electron chi connectivity index (χ0n) is 10.00. The van der Waals surface area contributed by atoms with Crippen molar-refractivity contribution in [3.05, 3.63) is 27.3 Å². The Labute approximate surface area is 124 Å². The van der Waals surface area contributed by atoms with Crippen LogP contribution in [0.3, 0.4) is 0 Å². The smallest absolute Gasteiger partial charge is 0.266 e. The van der Waals surface area contributed by atoms with Crippen LogP contribution in [0, 0.1) is 0 Å². The summed E-state index contributed by atoms with van der Waals surface area (Å²) in [4.78, 5) is 26.0. The molecule has 1 aromatic heterocycles. The molecule has 0 atom stereocenters. The zero-order chi connectivity index (χ0) is 13.8. The Balaban J connectivity index is 2.02. The summed E-state index contributed by atoms with van der Waals surface area (Å²) >= 11 is 8.05. The molecule has 1 aliphatic heterocycles. The second-order valence-electron chi connectivity index (χ2n) is 3.92. The number of thiocarbonyl (C=S) groups is 1. The quantitative estimate of drug-likeness (QED) is 0.669. The number of carbonyl (C=O) groups is 2. The minimum atomic E-state index is -0.362. The van der Waals surface area contributed by atoms with Crippen molar-refractivity contribution in [2.45, 2.75) is 12.8 Å². The highest BCUT2D eigenvalue weighted by Gasteiger charge is 2.31. The van der Waals surface area contributed by atoms with Crippen molar-refractivity contribution in [2.24, 2.45) is 5.73 Å². The monoisotopic (exact) mass is 312 g/mol. The predicted octanol–water partition coefficient (Wildman–Crippen LogP) is 2.21. The average molecular weight is 312 g/mol. The molecule has 4 nitrogen and oxygen atoms in total. The van der Waals surface area contributed by atoms with Gasteiger partial charge in [-0.05, 0) is 23.9 Å². The molecule has 0 bridgehead atoms. The summed E-state index contributed by atoms with van der Waals surface area (Å²) in [7, 11) is 0. The van der Waals surface area contributed by atoms with Gasteiger partial charge < -0.3 is 5.73 Å². The number of nitrogens with zero attached hydrogens (tertiary/aromatic N) is 1. The van der Waals surface area contributed by atoms with Crippen LogP contribution >= 0.6 is 35.3 Å². The molecule has 0 spiro atoms. The molecule has 0 aliphatic carbocycles. The summed E-state index contributed by atoms with van der Waals surface area (Å²) in [6.07, 6.45) is 2.65. The number of nitrogens with two attached hydrogens (primary N) is 1. The van der Waals surface area contributed by atoms with Crippen LogP contribution in [0.15, 0.2) is 22.4 Å². The van der Waals surface area contributed by atoms with Gasteiger partial charge in [0.2, 0.25) is 5.91 Å². The molecular formula is C12H12N2O2S3. The van der Waals surface area contributed by atoms with Gasteiger partial charge in [-0.2, -0.15) is 0 Å². The van der Waals surface area contributed by atoms with E-state index < -0.39 is 0 Å². The van der Waals surface area contributed by atoms with Crippen molar-refractivity contribution in [3.63, 3.8) is 0 Å². The lowest BCUT2D eigenvalue weighted by atomic mass is 10.3. The van der Waals surface area contributed by atoms with E-state index in [1.54, 1.807) is 11.3 Å². The van der Waals surface area contributed by atoms with E-state index in [1.165, 1.54) is 16.7 Å². The molecule has 1 aliphatic rings. The first-order valence-corrected chi connectivity index (χ1v) is 7.75. The molecule has 2 heterocycles. The fourth-order valence-corrected chi connectivity index (χ4v) is 3.64. The fraction of sp³-hybridized carbons (Fsp3) is 0.250. The first-order valence-electron chi connectivity index (χ1n) is 5.65. The molecule has 0 unspecified atom stereocenters. The van der Waals surface area contributed by atoms with Crippen molar-refractivity contribution >= 4 is 57.5 Å². The lowest BCUT2D eigenvalue weighted by Gasteiger charge is -2.13. The summed E-state index contributed by atoms with van der Waals surface area (Å²) in [5.41, 5.74) is 5.07. The number of rotatable bonds is 5. The molecule has 7 heteroatoms. The van der Waals surface area contributed by atoms with Gasteiger partial charge in [-0.3, -0.25) is 14.5 Å². The van der Waals surface area contributed by atoms with Gasteiger partial charge >= 0.3 is 0 Å². The van der Waals surface area contributed by atoms with Gasteiger partial charge in [-0.25, -0.2) is 0 Å². The van der Waals surface area contributed by atoms with Crippen molar-refractivity contribution in [1.82, 2.24) is 4.90 Å². The molecule has 1 saturated heterocycles. The van der Waals surface area contributed by atoms with E-state index in [-0.39, 0.29) is 18.2 Å². The second-order valence-corrected chi connectivity index (χ2v) is 6.57. The molecule has 2 rings (SSSR count). The predicted molar refractivity (Wildman–Crippen MR) is 82.6 cm³/mol. The minimum absolute atomic E-state index is 0.0899. The number of carbonyl (C=O) groups excluding carboxylic acids is 2. The highest BCUT2D eigenvalue weighted by molar-refractivity contribution is 8.26. The third kappa shape index (κ3) is 3.65. The lowest BCUT2D eigenvalue weighted by Crippen LogP contribution is -2.29. The van der Waals surface area contributed by atoms with E-state index in [9.17, 15) is 9.59 Å². The number of primary amides is 1. The molecule has 19 heavy (non-hydrogen) atoms. The van der Waals surface area contributed by atoms with E-state index >= 15 is 0 Å². The number of hydrogen-bond acceptors (Lipinski definition) is 5. The molecule has 2 N–H and O–H groups in total. The zero-order valence-corrected chi connectivity index (χ0v) is 12.4. The van der Waals surface area contributed by atoms with Crippen molar-refractivity contribution in [3.8, 4) is 0 Å². The molecule has 1 fully saturated rings. The Kier molecular flexibility index (Phi) is 4.73. The van der Waals surface area contributed by atoms with Gasteiger partial charge in [-0.15, -0.1) is 11.3 Å². The van der Waals surface area contributed by atoms with Crippen LogP contribution in [-0.4, -0.2) is 27.6 Å². The first-order chi connectivity index (χ1) is 9.08. The summed E-state index contributed by atoms with van der Waals surface area (Å²) in [5.74, 6) is -0.451. The Morgan fingerprint density at radius 3 is 2.95 bits per heavy atom. The van der Waals surface area contributed by atoms with E-state index in [4.69, 9.17) is 18.0 Å². The van der Waals surface area contributed by atoms with Gasteiger partial charge in [0, 0.05) is 17.8 Å². The maximum Gasteiger partial charge on any atom is 0.266 e. The van der Waals surface area contributed by atoms with Crippen LogP contribution in [0.4, 0.5) is 0 Å². The SMILES string of the molecule is NC(=O)CCCN1C(=O)/C(=C/c2cccs2)SC1=S. The summed E-state index contributed by atoms with van der Waals surface area (Å²) in [6, 6.07) is 3.88. The van der Waals surface area contributed by atoms with Crippen molar-refractivity contribution in [2.75, 3.05) is 6.54 Å². The Morgan fingerprint density at radius 2 is 2.32 bits per heavy atom. The normalized spacial score (nSPS) is 17.5. The molecule has 100 valence electrons. The maximum absolute atomic E-state index is 12.2. The first kappa shape index (κ1) is 14.2. The average Bonchev–Trinajstić information content (AvgIpc) is 2.93. The molecule has 2 amide bonds. The van der Waals surface area contributed by atoms with Crippen molar-refractivity contribution in [1.29, 1.82) is 0 Å². The topological polar surface area (TPSA) is 63.4 Å². The molecule has 0 saturated carbocycles. The number of hydrogen-bond donors (Lipinski definition) is 1. The lowest BCUT2D eigenvalue weighted by molar-refractivity contribution is -0.123. The molecule has 1 aromatic rings. The van der Waals surface area contributed by atoms with E-state index in [2.05, 4.69) is 0 Å². The fourth-order valence-electron chi connectivity index (χ4n) is 1.61. The van der Waals surface area contributed by atoms with E-state index in [0.717, 1.165) is 4.88 Å². The van der Waals surface area contributed by atoms with Crippen LogP contribution in [0.1, 0.15) is 17.7 Å². The Morgan fingerprint density at radius 1 is 1.53 bits per heavy atom. The van der Waals surface area contributed by atoms with Crippen LogP contribution in [0.2, 0.25) is 0 Å². The Hall–Kier alpha value is -1.18. The summed E-state index contributed by atoms with van der Waals surface area (Å²) < 4.78 is 0.539. The van der Waals surface area contributed by atoms with E-state index in [0.29, 0.717) is 22.2 Å². The van der Waals surface area contributed by atoms with Crippen LogP contribution in [0.5, 0.6) is 0 Å². The third-order valence-corrected chi connectivity index (χ3v) is 4.69. The number of amides is 2. The standard InChI is InChI=1S/C12H12N2O2S3/c13-10(15)4-1-5-14-11(16)9(19-12(14)17)7-8-3-2-6-18-8/h2-3,6-7H,1,4-5H2,(H2,13,15)/b9-7-. The largest absolute Gasteiger partial charge is 0.370 e. The molecular weight excluding hydrogens is 300 g/mol. The maximum atomic E-state index is 12.2. The van der Waals surface area contributed by atoms with Gasteiger partial charge in [0.15, 0.2) is 0 Å². The summed E-state index contributed by atoms with van der Waals surface area (Å²) in [5, 5.41) is 1.96. The van der Waals surface area contributed by atoms with Crippen LogP contribution in [-0.2, 0) is 9.59 Å². The molecule has 0 aromatic carbocycles. The van der Waals surface area contributed by atoms with Gasteiger partial charge in [0.25, 0.3) is 5.91 Å². The highest BCUT2D eigenvalue weighted by atomic mass is 32.2. The van der Waals surface area contributed by atoms with Gasteiger partial charge in [0.05, 0.1) is 4.91 Å². The minimum Gasteiger partial charge on any atom is -0.370 e. The van der Waals surface area contributed by atoms with Gasteiger partial charge in [0.1, 0.15) is 4.32 Å². The van der Waals surface area contributed by atoms with Gasteiger partial charge in [-0.1, -0.05) is 30.0 Å². The number of thiophene rings is 1. The summed E-state index contributed by atoms with van der Waals surface area (Å²) in [6.45, 7) is 0.440. The molecule has 0 radical (unpaired) electrons. The van der Waals surface area contributed by atoms with Crippen LogP contribution < -0.4 is 5.73 Å². The third-order valence-electron chi connectivity index (χ3n) is 2.50. The highest BCUT2D eigenvalue weighted by Crippen LogP contribution is 2.33. The number of thioether (sulfide) groups is 1. The van der Waals surface area contributed by atoms with Crippen molar-refractivity contribution < 1.29 is 9.59 Å². The second kappa shape index (κ2) is 6.31.